The van der Waals surface area contributed by atoms with E-state index >= 15 is 0 Å². The summed E-state index contributed by atoms with van der Waals surface area (Å²) < 4.78 is 15.8. The van der Waals surface area contributed by atoms with Crippen LogP contribution in [0.25, 0.3) is 11.0 Å². The predicted molar refractivity (Wildman–Crippen MR) is 99.6 cm³/mol. The number of methoxy groups -OCH3 is 1. The molecule has 0 aliphatic heterocycles. The van der Waals surface area contributed by atoms with Gasteiger partial charge in [0.05, 0.1) is 12.7 Å². The van der Waals surface area contributed by atoms with E-state index < -0.39 is 29.4 Å². The van der Waals surface area contributed by atoms with Gasteiger partial charge in [-0.15, -0.1) is 0 Å². The van der Waals surface area contributed by atoms with Crippen molar-refractivity contribution in [2.24, 2.45) is 0 Å². The van der Waals surface area contributed by atoms with E-state index in [4.69, 9.17) is 13.9 Å². The van der Waals surface area contributed by atoms with Gasteiger partial charge in [-0.25, -0.2) is 9.59 Å². The summed E-state index contributed by atoms with van der Waals surface area (Å²) in [6.07, 6.45) is -1.07. The monoisotopic (exact) mass is 376 g/mol. The van der Waals surface area contributed by atoms with E-state index in [0.717, 1.165) is 0 Å². The first-order valence-electron chi connectivity index (χ1n) is 8.44. The molecule has 27 heavy (non-hydrogen) atoms. The van der Waals surface area contributed by atoms with Crippen LogP contribution in [0.4, 0.5) is 0 Å². The summed E-state index contributed by atoms with van der Waals surface area (Å²) in [5.41, 5.74) is -1.12. The van der Waals surface area contributed by atoms with Crippen LogP contribution in [0.2, 0.25) is 0 Å². The third-order valence-corrected chi connectivity index (χ3v) is 4.26. The van der Waals surface area contributed by atoms with E-state index in [0.29, 0.717) is 11.0 Å². The topological polar surface area (TPSA) is 106 Å². The molecular weight excluding hydrogens is 352 g/mol. The summed E-state index contributed by atoms with van der Waals surface area (Å²) >= 11 is 0. The number of ether oxygens (including phenoxy) is 2. The predicted octanol–water partition coefficient (Wildman–Crippen LogP) is 2.48. The summed E-state index contributed by atoms with van der Waals surface area (Å²) in [5.74, 6) is -0.410. The molecule has 1 aromatic carbocycles. The molecular formula is C20H24O7. The molecule has 0 saturated carbocycles. The second-order valence-electron chi connectivity index (χ2n) is 6.78. The summed E-state index contributed by atoms with van der Waals surface area (Å²) in [7, 11) is 1.40. The minimum Gasteiger partial charge on any atom is -0.496 e. The smallest absolute Gasteiger partial charge is 0.336 e. The molecule has 146 valence electrons. The number of carbonyl (C=O) groups excluding carboxylic acids is 1. The van der Waals surface area contributed by atoms with Crippen molar-refractivity contribution in [1.82, 2.24) is 0 Å². The number of aliphatic hydroxyl groups excluding tert-OH is 1. The van der Waals surface area contributed by atoms with Crippen molar-refractivity contribution in [3.8, 4) is 5.75 Å². The van der Waals surface area contributed by atoms with Crippen molar-refractivity contribution in [2.75, 3.05) is 7.11 Å². The van der Waals surface area contributed by atoms with Gasteiger partial charge in [-0.3, -0.25) is 0 Å². The molecule has 7 nitrogen and oxygen atoms in total. The van der Waals surface area contributed by atoms with Crippen molar-refractivity contribution >= 4 is 16.9 Å². The lowest BCUT2D eigenvalue weighted by Gasteiger charge is -2.33. The highest BCUT2D eigenvalue weighted by Gasteiger charge is 2.39. The number of aliphatic hydroxyl groups is 2. The van der Waals surface area contributed by atoms with E-state index in [1.54, 1.807) is 32.1 Å². The highest BCUT2D eigenvalue weighted by Crippen LogP contribution is 2.35. The van der Waals surface area contributed by atoms with E-state index in [1.807, 2.05) is 0 Å². The zero-order chi connectivity index (χ0) is 20.4. The molecule has 1 heterocycles. The molecule has 2 atom stereocenters. The van der Waals surface area contributed by atoms with Crippen LogP contribution < -0.4 is 10.4 Å². The molecule has 0 fully saturated rings. The average Bonchev–Trinajstić information content (AvgIpc) is 2.62. The Bertz CT molecular complexity index is 918. The van der Waals surface area contributed by atoms with Gasteiger partial charge < -0.3 is 24.1 Å². The Hall–Kier alpha value is -2.64. The standard InChI is InChI=1S/C20H24O7/c1-6-11(2)19(23)27-18(20(3,4)24)17(22)13-9-12-7-8-16(21)26-14(12)10-15(13)25-5/h6-10,17-18,22,24H,1-5H3/t17-,18+/m0/s1. The van der Waals surface area contributed by atoms with Gasteiger partial charge in [0.15, 0.2) is 6.10 Å². The molecule has 1 aromatic heterocycles. The number of allylic oxidation sites excluding steroid dienone is 1. The van der Waals surface area contributed by atoms with Crippen LogP contribution in [-0.2, 0) is 9.53 Å². The Labute approximate surface area is 156 Å². The second kappa shape index (κ2) is 7.94. The maximum absolute atomic E-state index is 12.2. The maximum Gasteiger partial charge on any atom is 0.336 e. The Balaban J connectivity index is 2.53. The number of hydrogen-bond donors (Lipinski definition) is 2. The molecule has 0 unspecified atom stereocenters. The SMILES string of the molecule is CC=C(C)C(=O)O[C@H]([C@@H](O)c1cc2ccc(=O)oc2cc1OC)C(C)(C)O. The minimum absolute atomic E-state index is 0.234. The summed E-state index contributed by atoms with van der Waals surface area (Å²) in [6, 6.07) is 5.84. The summed E-state index contributed by atoms with van der Waals surface area (Å²) in [6.45, 7) is 6.14. The maximum atomic E-state index is 12.2. The Kier molecular flexibility index (Phi) is 6.08. The molecule has 0 spiro atoms. The molecule has 0 amide bonds. The largest absolute Gasteiger partial charge is 0.496 e. The lowest BCUT2D eigenvalue weighted by molar-refractivity contribution is -0.172. The zero-order valence-electron chi connectivity index (χ0n) is 16.0. The Morgan fingerprint density at radius 3 is 2.52 bits per heavy atom. The normalized spacial score (nSPS) is 14.7. The van der Waals surface area contributed by atoms with Gasteiger partial charge in [0, 0.05) is 28.7 Å². The second-order valence-corrected chi connectivity index (χ2v) is 6.78. The van der Waals surface area contributed by atoms with Gasteiger partial charge in [-0.05, 0) is 39.8 Å². The number of hydrogen-bond acceptors (Lipinski definition) is 7. The van der Waals surface area contributed by atoms with Gasteiger partial charge in [0.1, 0.15) is 17.4 Å². The van der Waals surface area contributed by atoms with Crippen LogP contribution in [0.1, 0.15) is 39.4 Å². The first-order chi connectivity index (χ1) is 12.6. The van der Waals surface area contributed by atoms with E-state index in [-0.39, 0.29) is 16.9 Å². The third-order valence-electron chi connectivity index (χ3n) is 4.26. The number of fused-ring (bicyclic) bond motifs is 1. The fourth-order valence-electron chi connectivity index (χ4n) is 2.61. The van der Waals surface area contributed by atoms with E-state index in [1.165, 1.54) is 33.1 Å². The lowest BCUT2D eigenvalue weighted by atomic mass is 9.91. The Morgan fingerprint density at radius 2 is 1.96 bits per heavy atom. The van der Waals surface area contributed by atoms with Crippen LogP contribution >= 0.6 is 0 Å². The van der Waals surface area contributed by atoms with Gasteiger partial charge in [0.25, 0.3) is 0 Å². The quantitative estimate of drug-likeness (QED) is 0.453. The highest BCUT2D eigenvalue weighted by atomic mass is 16.6. The number of esters is 1. The van der Waals surface area contributed by atoms with Crippen molar-refractivity contribution in [1.29, 1.82) is 0 Å². The lowest BCUT2D eigenvalue weighted by Crippen LogP contribution is -2.44. The molecule has 0 aliphatic rings. The third kappa shape index (κ3) is 4.56. The van der Waals surface area contributed by atoms with Crippen LogP contribution in [0.15, 0.2) is 45.1 Å². The van der Waals surface area contributed by atoms with E-state index in [2.05, 4.69) is 0 Å². The summed E-state index contributed by atoms with van der Waals surface area (Å²) in [5, 5.41) is 21.9. The number of rotatable bonds is 6. The van der Waals surface area contributed by atoms with Crippen molar-refractivity contribution in [3.63, 3.8) is 0 Å². The van der Waals surface area contributed by atoms with Gasteiger partial charge in [0.2, 0.25) is 0 Å². The number of benzene rings is 1. The fourth-order valence-corrected chi connectivity index (χ4v) is 2.61. The molecule has 0 saturated heterocycles. The van der Waals surface area contributed by atoms with Gasteiger partial charge in [-0.1, -0.05) is 6.08 Å². The van der Waals surface area contributed by atoms with Crippen LogP contribution in [-0.4, -0.2) is 35.0 Å². The van der Waals surface area contributed by atoms with Crippen molar-refractivity contribution in [2.45, 2.75) is 45.5 Å². The van der Waals surface area contributed by atoms with Crippen LogP contribution in [0, 0.1) is 0 Å². The highest BCUT2D eigenvalue weighted by molar-refractivity contribution is 5.88. The van der Waals surface area contributed by atoms with Crippen molar-refractivity contribution in [3.05, 3.63) is 51.9 Å². The molecule has 2 aromatic rings. The molecule has 2 N–H and O–H groups in total. The molecule has 0 bridgehead atoms. The van der Waals surface area contributed by atoms with Crippen LogP contribution in [0.5, 0.6) is 5.75 Å². The first-order valence-corrected chi connectivity index (χ1v) is 8.44. The molecule has 2 rings (SSSR count). The first kappa shape index (κ1) is 20.7. The average molecular weight is 376 g/mol. The molecule has 0 radical (unpaired) electrons. The molecule has 0 aliphatic carbocycles. The summed E-state index contributed by atoms with van der Waals surface area (Å²) in [4.78, 5) is 23.6. The molecule has 7 heteroatoms. The zero-order valence-corrected chi connectivity index (χ0v) is 16.0. The van der Waals surface area contributed by atoms with Crippen LogP contribution in [0.3, 0.4) is 0 Å². The van der Waals surface area contributed by atoms with Crippen molar-refractivity contribution < 1.29 is 28.9 Å². The van der Waals surface area contributed by atoms with E-state index in [9.17, 15) is 19.8 Å². The van der Waals surface area contributed by atoms with Gasteiger partial charge >= 0.3 is 11.6 Å². The fraction of sp³-hybridized carbons (Fsp3) is 0.400. The van der Waals surface area contributed by atoms with Gasteiger partial charge in [-0.2, -0.15) is 0 Å². The Morgan fingerprint density at radius 1 is 1.30 bits per heavy atom. The number of carbonyl (C=O) groups is 1. The minimum atomic E-state index is -1.54.